The molecular weight excluding hydrogens is 212 g/mol. The molecule has 17 heavy (non-hydrogen) atoms. The summed E-state index contributed by atoms with van der Waals surface area (Å²) in [5.41, 5.74) is 1.10. The molecule has 3 rings (SSSR count). The lowest BCUT2D eigenvalue weighted by Crippen LogP contribution is -2.34. The van der Waals surface area contributed by atoms with Crippen LogP contribution in [0.5, 0.6) is 0 Å². The third-order valence-electron chi connectivity index (χ3n) is 4.22. The molecule has 1 aromatic heterocycles. The van der Waals surface area contributed by atoms with E-state index in [4.69, 9.17) is 0 Å². The zero-order chi connectivity index (χ0) is 11.7. The molecule has 0 amide bonds. The topological polar surface area (TPSA) is 41.0 Å². The van der Waals surface area contributed by atoms with Gasteiger partial charge >= 0.3 is 0 Å². The largest absolute Gasteiger partial charge is 0.316 e. The summed E-state index contributed by atoms with van der Waals surface area (Å²) < 4.78 is 0. The van der Waals surface area contributed by atoms with Crippen LogP contribution in [0.15, 0.2) is 18.6 Å². The van der Waals surface area contributed by atoms with E-state index in [1.165, 1.54) is 26.1 Å². The summed E-state index contributed by atoms with van der Waals surface area (Å²) in [6, 6.07) is 0.719. The van der Waals surface area contributed by atoms with Crippen molar-refractivity contribution >= 4 is 0 Å². The van der Waals surface area contributed by atoms with Crippen LogP contribution < -0.4 is 5.32 Å². The van der Waals surface area contributed by atoms with Crippen molar-refractivity contribution in [3.63, 3.8) is 0 Å². The number of nitrogens with one attached hydrogen (secondary N) is 1. The Morgan fingerprint density at radius 2 is 2.35 bits per heavy atom. The molecule has 2 aliphatic heterocycles. The molecule has 0 saturated carbocycles. The summed E-state index contributed by atoms with van der Waals surface area (Å²) in [4.78, 5) is 11.1. The molecule has 4 heteroatoms. The monoisotopic (exact) mass is 232 g/mol. The van der Waals surface area contributed by atoms with Gasteiger partial charge in [-0.05, 0) is 31.3 Å². The van der Waals surface area contributed by atoms with Gasteiger partial charge in [-0.15, -0.1) is 0 Å². The van der Waals surface area contributed by atoms with Gasteiger partial charge in [0.15, 0.2) is 0 Å². The van der Waals surface area contributed by atoms with Gasteiger partial charge in [0.2, 0.25) is 0 Å². The van der Waals surface area contributed by atoms with Crippen molar-refractivity contribution in [1.29, 1.82) is 0 Å². The summed E-state index contributed by atoms with van der Waals surface area (Å²) in [5.74, 6) is 1.69. The average Bonchev–Trinajstić information content (AvgIpc) is 2.90. The minimum atomic E-state index is 0.719. The highest BCUT2D eigenvalue weighted by molar-refractivity contribution is 5.02. The molecule has 92 valence electrons. The number of aromatic nitrogens is 2. The van der Waals surface area contributed by atoms with Crippen molar-refractivity contribution in [2.45, 2.75) is 25.9 Å². The van der Waals surface area contributed by atoms with Crippen molar-refractivity contribution < 1.29 is 0 Å². The Labute approximate surface area is 102 Å². The summed E-state index contributed by atoms with van der Waals surface area (Å²) >= 11 is 0. The third kappa shape index (κ3) is 2.07. The highest BCUT2D eigenvalue weighted by Crippen LogP contribution is 2.34. The standard InChI is InChI=1S/C13H20N4/c1-2-13-12-7-15-5-10(12)8-17(13)9-11-6-14-3-4-16-11/h3-4,6,10,12-13,15H,2,5,7-9H2,1H3. The number of fused-ring (bicyclic) bond motifs is 1. The Kier molecular flexibility index (Phi) is 3.07. The smallest absolute Gasteiger partial charge is 0.0726 e. The van der Waals surface area contributed by atoms with E-state index >= 15 is 0 Å². The normalized spacial score (nSPS) is 32.9. The van der Waals surface area contributed by atoms with Crippen LogP contribution in [0.4, 0.5) is 0 Å². The molecule has 0 aromatic carbocycles. The second kappa shape index (κ2) is 4.70. The van der Waals surface area contributed by atoms with Crippen LogP contribution in [0.3, 0.4) is 0 Å². The fourth-order valence-electron chi connectivity index (χ4n) is 3.47. The van der Waals surface area contributed by atoms with Gasteiger partial charge in [-0.1, -0.05) is 6.92 Å². The maximum Gasteiger partial charge on any atom is 0.0726 e. The van der Waals surface area contributed by atoms with Gasteiger partial charge in [0, 0.05) is 37.7 Å². The van der Waals surface area contributed by atoms with Crippen molar-refractivity contribution in [2.24, 2.45) is 11.8 Å². The van der Waals surface area contributed by atoms with Gasteiger partial charge in [0.05, 0.1) is 5.69 Å². The van der Waals surface area contributed by atoms with E-state index in [-0.39, 0.29) is 0 Å². The lowest BCUT2D eigenvalue weighted by atomic mass is 9.93. The highest BCUT2D eigenvalue weighted by Gasteiger charge is 2.42. The number of rotatable bonds is 3. The highest BCUT2D eigenvalue weighted by atomic mass is 15.2. The first-order valence-electron chi connectivity index (χ1n) is 6.58. The molecule has 2 fully saturated rings. The SMILES string of the molecule is CCC1C2CNCC2CN1Cc1cnccn1. The van der Waals surface area contributed by atoms with Crippen LogP contribution in [0.25, 0.3) is 0 Å². The second-order valence-electron chi connectivity index (χ2n) is 5.18. The van der Waals surface area contributed by atoms with E-state index in [0.717, 1.165) is 30.1 Å². The van der Waals surface area contributed by atoms with E-state index < -0.39 is 0 Å². The van der Waals surface area contributed by atoms with Gasteiger partial charge in [-0.25, -0.2) is 0 Å². The Balaban J connectivity index is 1.71. The minimum Gasteiger partial charge on any atom is -0.316 e. The average molecular weight is 232 g/mol. The zero-order valence-corrected chi connectivity index (χ0v) is 10.3. The van der Waals surface area contributed by atoms with Gasteiger partial charge in [0.25, 0.3) is 0 Å². The first kappa shape index (κ1) is 11.1. The van der Waals surface area contributed by atoms with Crippen molar-refractivity contribution in [3.8, 4) is 0 Å². The van der Waals surface area contributed by atoms with Crippen molar-refractivity contribution in [1.82, 2.24) is 20.2 Å². The summed E-state index contributed by atoms with van der Waals surface area (Å²) in [6.07, 6.45) is 6.65. The molecule has 0 aliphatic carbocycles. The fourth-order valence-corrected chi connectivity index (χ4v) is 3.47. The Bertz CT molecular complexity index is 367. The van der Waals surface area contributed by atoms with Gasteiger partial charge in [-0.2, -0.15) is 0 Å². The van der Waals surface area contributed by atoms with Crippen LogP contribution >= 0.6 is 0 Å². The Morgan fingerprint density at radius 3 is 3.12 bits per heavy atom. The fraction of sp³-hybridized carbons (Fsp3) is 0.692. The third-order valence-corrected chi connectivity index (χ3v) is 4.22. The molecule has 4 nitrogen and oxygen atoms in total. The second-order valence-corrected chi connectivity index (χ2v) is 5.18. The molecule has 0 bridgehead atoms. The number of hydrogen-bond acceptors (Lipinski definition) is 4. The zero-order valence-electron chi connectivity index (χ0n) is 10.3. The Morgan fingerprint density at radius 1 is 1.41 bits per heavy atom. The van der Waals surface area contributed by atoms with Crippen LogP contribution in [-0.4, -0.2) is 40.5 Å². The maximum absolute atomic E-state index is 4.39. The van der Waals surface area contributed by atoms with Gasteiger partial charge in [0.1, 0.15) is 0 Å². The van der Waals surface area contributed by atoms with E-state index in [9.17, 15) is 0 Å². The lowest BCUT2D eigenvalue weighted by molar-refractivity contribution is 0.208. The maximum atomic E-state index is 4.39. The molecule has 0 spiro atoms. The van der Waals surface area contributed by atoms with Crippen molar-refractivity contribution in [3.05, 3.63) is 24.3 Å². The molecule has 3 unspecified atom stereocenters. The van der Waals surface area contributed by atoms with Crippen LogP contribution in [0, 0.1) is 11.8 Å². The van der Waals surface area contributed by atoms with Crippen molar-refractivity contribution in [2.75, 3.05) is 19.6 Å². The predicted octanol–water partition coefficient (Wildman–Crippen LogP) is 0.906. The Hall–Kier alpha value is -1.00. The molecular formula is C13H20N4. The first-order chi connectivity index (χ1) is 8.38. The molecule has 2 saturated heterocycles. The number of nitrogens with zero attached hydrogens (tertiary/aromatic N) is 3. The molecule has 3 atom stereocenters. The first-order valence-corrected chi connectivity index (χ1v) is 6.58. The van der Waals surface area contributed by atoms with E-state index in [2.05, 4.69) is 27.1 Å². The van der Waals surface area contributed by atoms with E-state index in [1.54, 1.807) is 12.4 Å². The minimum absolute atomic E-state index is 0.719. The molecule has 1 N–H and O–H groups in total. The number of hydrogen-bond donors (Lipinski definition) is 1. The molecule has 2 aliphatic rings. The van der Waals surface area contributed by atoms with Gasteiger partial charge < -0.3 is 5.32 Å². The summed E-state index contributed by atoms with van der Waals surface area (Å²) in [5, 5.41) is 3.52. The summed E-state index contributed by atoms with van der Waals surface area (Å²) in [6.45, 7) is 6.86. The molecule has 1 aromatic rings. The van der Waals surface area contributed by atoms with Crippen LogP contribution in [0.1, 0.15) is 19.0 Å². The number of likely N-dealkylation sites (tertiary alicyclic amines) is 1. The lowest BCUT2D eigenvalue weighted by Gasteiger charge is -2.26. The van der Waals surface area contributed by atoms with E-state index in [1.807, 2.05) is 6.20 Å². The molecule has 3 heterocycles. The summed E-state index contributed by atoms with van der Waals surface area (Å²) in [7, 11) is 0. The van der Waals surface area contributed by atoms with Crippen LogP contribution in [0.2, 0.25) is 0 Å². The van der Waals surface area contributed by atoms with Crippen LogP contribution in [-0.2, 0) is 6.54 Å². The predicted molar refractivity (Wildman–Crippen MR) is 66.4 cm³/mol. The van der Waals surface area contributed by atoms with Gasteiger partial charge in [-0.3, -0.25) is 14.9 Å². The molecule has 0 radical (unpaired) electrons. The quantitative estimate of drug-likeness (QED) is 0.841. The van der Waals surface area contributed by atoms with E-state index in [0.29, 0.717) is 0 Å².